The molecule has 1 aromatic heterocycles. The van der Waals surface area contributed by atoms with Gasteiger partial charge in [-0.1, -0.05) is 13.8 Å². The average Bonchev–Trinajstić information content (AvgIpc) is 2.92. The molecule has 0 saturated carbocycles. The Bertz CT molecular complexity index is 385. The van der Waals surface area contributed by atoms with Crippen LogP contribution in [0.25, 0.3) is 0 Å². The van der Waals surface area contributed by atoms with E-state index < -0.39 is 0 Å². The molecule has 4 nitrogen and oxygen atoms in total. The van der Waals surface area contributed by atoms with Gasteiger partial charge in [-0.2, -0.15) is 0 Å². The minimum Gasteiger partial charge on any atom is -0.362 e. The second kappa shape index (κ2) is 7.96. The maximum Gasteiger partial charge on any atom is 0.182 e. The molecule has 20 heavy (non-hydrogen) atoms. The van der Waals surface area contributed by atoms with Gasteiger partial charge in [-0.3, -0.25) is 9.80 Å². The molecule has 0 aliphatic carbocycles. The number of hydrogen-bond donors (Lipinski definition) is 1. The van der Waals surface area contributed by atoms with Crippen molar-refractivity contribution in [2.75, 3.05) is 38.0 Å². The number of aromatic nitrogens is 1. The maximum atomic E-state index is 4.45. The number of thiazole rings is 1. The standard InChI is InChI=1S/C15H28N4S/c1-4-6-16-15-17-11-14(20-15)12-18-7-9-19(10-8-18)13(3)5-2/h11,13H,4-10,12H2,1-3H3,(H,16,17). The molecule has 0 aromatic carbocycles. The zero-order chi connectivity index (χ0) is 14.4. The Kier molecular flexibility index (Phi) is 6.26. The predicted molar refractivity (Wildman–Crippen MR) is 87.5 cm³/mol. The molecule has 1 N–H and O–H groups in total. The van der Waals surface area contributed by atoms with Gasteiger partial charge in [-0.05, 0) is 19.8 Å². The monoisotopic (exact) mass is 296 g/mol. The normalized spacial score (nSPS) is 19.1. The Morgan fingerprint density at radius 1 is 1.30 bits per heavy atom. The number of piperazine rings is 1. The lowest BCUT2D eigenvalue weighted by atomic mass is 10.2. The Morgan fingerprint density at radius 2 is 2.05 bits per heavy atom. The van der Waals surface area contributed by atoms with Crippen molar-refractivity contribution in [3.63, 3.8) is 0 Å². The Balaban J connectivity index is 1.76. The molecule has 1 unspecified atom stereocenters. The lowest BCUT2D eigenvalue weighted by molar-refractivity contribution is 0.0969. The number of nitrogens with one attached hydrogen (secondary N) is 1. The molecule has 1 atom stereocenters. The molecule has 0 amide bonds. The number of hydrogen-bond acceptors (Lipinski definition) is 5. The molecule has 0 bridgehead atoms. The van der Waals surface area contributed by atoms with E-state index >= 15 is 0 Å². The summed E-state index contributed by atoms with van der Waals surface area (Å²) < 4.78 is 0. The van der Waals surface area contributed by atoms with Crippen molar-refractivity contribution in [3.8, 4) is 0 Å². The van der Waals surface area contributed by atoms with E-state index in [4.69, 9.17) is 0 Å². The van der Waals surface area contributed by atoms with Gasteiger partial charge in [0.05, 0.1) is 0 Å². The maximum absolute atomic E-state index is 4.45. The molecular formula is C15H28N4S. The van der Waals surface area contributed by atoms with Crippen molar-refractivity contribution in [1.82, 2.24) is 14.8 Å². The molecule has 1 aliphatic rings. The fourth-order valence-electron chi connectivity index (χ4n) is 2.54. The highest BCUT2D eigenvalue weighted by molar-refractivity contribution is 7.15. The molecule has 1 fully saturated rings. The summed E-state index contributed by atoms with van der Waals surface area (Å²) in [7, 11) is 0. The van der Waals surface area contributed by atoms with Crippen molar-refractivity contribution in [2.24, 2.45) is 0 Å². The van der Waals surface area contributed by atoms with Crippen LogP contribution in [-0.2, 0) is 6.54 Å². The minimum absolute atomic E-state index is 0.727. The highest BCUT2D eigenvalue weighted by atomic mass is 32.1. The van der Waals surface area contributed by atoms with Crippen molar-refractivity contribution in [3.05, 3.63) is 11.1 Å². The van der Waals surface area contributed by atoms with E-state index in [9.17, 15) is 0 Å². The first-order chi connectivity index (χ1) is 9.72. The SMILES string of the molecule is CCCNc1ncc(CN2CCN(C(C)CC)CC2)s1. The Labute approximate surface area is 127 Å². The van der Waals surface area contributed by atoms with Crippen LogP contribution in [0.1, 0.15) is 38.5 Å². The van der Waals surface area contributed by atoms with Crippen LogP contribution >= 0.6 is 11.3 Å². The number of rotatable bonds is 7. The molecule has 2 rings (SSSR count). The van der Waals surface area contributed by atoms with E-state index in [1.807, 2.05) is 6.20 Å². The van der Waals surface area contributed by atoms with E-state index in [2.05, 4.69) is 40.9 Å². The third-order valence-electron chi connectivity index (χ3n) is 4.08. The topological polar surface area (TPSA) is 31.4 Å². The summed E-state index contributed by atoms with van der Waals surface area (Å²) in [5.41, 5.74) is 0. The van der Waals surface area contributed by atoms with Gasteiger partial charge in [0.15, 0.2) is 5.13 Å². The zero-order valence-corrected chi connectivity index (χ0v) is 13.9. The van der Waals surface area contributed by atoms with Gasteiger partial charge in [0, 0.05) is 56.4 Å². The molecule has 1 aliphatic heterocycles. The summed E-state index contributed by atoms with van der Waals surface area (Å²) in [6.45, 7) is 13.6. The quantitative estimate of drug-likeness (QED) is 0.838. The summed E-state index contributed by atoms with van der Waals surface area (Å²) in [5.74, 6) is 0. The van der Waals surface area contributed by atoms with Crippen LogP contribution < -0.4 is 5.32 Å². The first-order valence-corrected chi connectivity index (χ1v) is 8.69. The van der Waals surface area contributed by atoms with Crippen LogP contribution in [-0.4, -0.2) is 53.5 Å². The van der Waals surface area contributed by atoms with Gasteiger partial charge in [0.1, 0.15) is 0 Å². The van der Waals surface area contributed by atoms with Crippen LogP contribution in [0.3, 0.4) is 0 Å². The van der Waals surface area contributed by atoms with E-state index in [-0.39, 0.29) is 0 Å². The third-order valence-corrected chi connectivity index (χ3v) is 5.02. The number of anilines is 1. The molecular weight excluding hydrogens is 268 g/mol. The summed E-state index contributed by atoms with van der Waals surface area (Å²) in [6, 6.07) is 0.727. The third kappa shape index (κ3) is 4.43. The van der Waals surface area contributed by atoms with E-state index in [0.29, 0.717) is 0 Å². The average molecular weight is 296 g/mol. The first kappa shape index (κ1) is 15.7. The Morgan fingerprint density at radius 3 is 2.70 bits per heavy atom. The zero-order valence-electron chi connectivity index (χ0n) is 13.1. The summed E-state index contributed by atoms with van der Waals surface area (Å²) in [5, 5.41) is 4.43. The molecule has 0 spiro atoms. The second-order valence-electron chi connectivity index (χ2n) is 5.63. The molecule has 5 heteroatoms. The Hall–Kier alpha value is -0.650. The van der Waals surface area contributed by atoms with Crippen molar-refractivity contribution >= 4 is 16.5 Å². The van der Waals surface area contributed by atoms with Crippen molar-refractivity contribution in [1.29, 1.82) is 0 Å². The van der Waals surface area contributed by atoms with Gasteiger partial charge in [0.25, 0.3) is 0 Å². The fraction of sp³-hybridized carbons (Fsp3) is 0.800. The molecule has 2 heterocycles. The van der Waals surface area contributed by atoms with Gasteiger partial charge >= 0.3 is 0 Å². The van der Waals surface area contributed by atoms with Crippen LogP contribution in [0.2, 0.25) is 0 Å². The molecule has 114 valence electrons. The van der Waals surface area contributed by atoms with Crippen molar-refractivity contribution in [2.45, 2.75) is 46.2 Å². The summed E-state index contributed by atoms with van der Waals surface area (Å²) in [6.07, 6.45) is 4.43. The minimum atomic E-state index is 0.727. The van der Waals surface area contributed by atoms with Crippen LogP contribution in [0.4, 0.5) is 5.13 Å². The van der Waals surface area contributed by atoms with Gasteiger partial charge in [0.2, 0.25) is 0 Å². The second-order valence-corrected chi connectivity index (χ2v) is 6.74. The van der Waals surface area contributed by atoms with E-state index in [1.165, 1.54) is 37.5 Å². The highest BCUT2D eigenvalue weighted by Crippen LogP contribution is 2.20. The van der Waals surface area contributed by atoms with Gasteiger partial charge in [-0.25, -0.2) is 4.98 Å². The van der Waals surface area contributed by atoms with Crippen LogP contribution in [0, 0.1) is 0 Å². The van der Waals surface area contributed by atoms with Crippen LogP contribution in [0.15, 0.2) is 6.20 Å². The molecule has 1 aromatic rings. The van der Waals surface area contributed by atoms with Gasteiger partial charge < -0.3 is 5.32 Å². The first-order valence-electron chi connectivity index (χ1n) is 7.87. The van der Waals surface area contributed by atoms with Crippen molar-refractivity contribution < 1.29 is 0 Å². The summed E-state index contributed by atoms with van der Waals surface area (Å²) >= 11 is 1.80. The van der Waals surface area contributed by atoms with E-state index in [1.54, 1.807) is 11.3 Å². The lowest BCUT2D eigenvalue weighted by Crippen LogP contribution is -2.48. The van der Waals surface area contributed by atoms with E-state index in [0.717, 1.165) is 30.7 Å². The predicted octanol–water partition coefficient (Wildman–Crippen LogP) is 2.88. The molecule has 0 radical (unpaired) electrons. The lowest BCUT2D eigenvalue weighted by Gasteiger charge is -2.37. The number of nitrogens with zero attached hydrogens (tertiary/aromatic N) is 3. The van der Waals surface area contributed by atoms with Crippen LogP contribution in [0.5, 0.6) is 0 Å². The largest absolute Gasteiger partial charge is 0.362 e. The summed E-state index contributed by atoms with van der Waals surface area (Å²) in [4.78, 5) is 11.0. The smallest absolute Gasteiger partial charge is 0.182 e. The fourth-order valence-corrected chi connectivity index (χ4v) is 3.42. The van der Waals surface area contributed by atoms with Gasteiger partial charge in [-0.15, -0.1) is 11.3 Å². The molecule has 1 saturated heterocycles. The highest BCUT2D eigenvalue weighted by Gasteiger charge is 2.20.